The second kappa shape index (κ2) is 7.71. The molecule has 1 heterocycles. The summed E-state index contributed by atoms with van der Waals surface area (Å²) in [5.74, 6) is -0.542. The van der Waals surface area contributed by atoms with Gasteiger partial charge in [-0.2, -0.15) is 0 Å². The summed E-state index contributed by atoms with van der Waals surface area (Å²) in [7, 11) is 3.21. The molecular formula is C19H18FN3O3S. The third-order valence-electron chi connectivity index (χ3n) is 4.22. The molecule has 8 heteroatoms. The number of hydrogen-bond donors (Lipinski definition) is 1. The molecule has 0 saturated carbocycles. The summed E-state index contributed by atoms with van der Waals surface area (Å²) in [6, 6.07) is 10.9. The molecule has 0 atom stereocenters. The van der Waals surface area contributed by atoms with Crippen molar-refractivity contribution < 1.29 is 13.9 Å². The Balaban J connectivity index is 1.73. The van der Waals surface area contributed by atoms with Crippen molar-refractivity contribution in [2.75, 3.05) is 20.2 Å². The van der Waals surface area contributed by atoms with Crippen LogP contribution in [-0.2, 0) is 7.05 Å². The number of aromatic nitrogens is 2. The highest BCUT2D eigenvalue weighted by Gasteiger charge is 2.14. The van der Waals surface area contributed by atoms with Gasteiger partial charge in [-0.15, -0.1) is 0 Å². The van der Waals surface area contributed by atoms with Gasteiger partial charge in [-0.3, -0.25) is 14.2 Å². The van der Waals surface area contributed by atoms with Crippen molar-refractivity contribution in [3.05, 3.63) is 69.0 Å². The molecule has 0 fully saturated rings. The van der Waals surface area contributed by atoms with Gasteiger partial charge >= 0.3 is 0 Å². The summed E-state index contributed by atoms with van der Waals surface area (Å²) in [6.45, 7) is 0.428. The van der Waals surface area contributed by atoms with Crippen LogP contribution in [0.1, 0.15) is 10.4 Å². The molecule has 6 nitrogen and oxygen atoms in total. The van der Waals surface area contributed by atoms with Crippen molar-refractivity contribution in [3.8, 4) is 5.75 Å². The van der Waals surface area contributed by atoms with Crippen molar-refractivity contribution in [3.63, 3.8) is 0 Å². The number of aromatic amines is 1. The van der Waals surface area contributed by atoms with E-state index in [2.05, 4.69) is 4.98 Å². The summed E-state index contributed by atoms with van der Waals surface area (Å²) in [6.07, 6.45) is 0. The lowest BCUT2D eigenvalue weighted by Gasteiger charge is -2.18. The standard InChI is InChI=1S/C19H18FN3O3S/c1-22(9-10-26-16-6-4-3-5-14(16)20)17(24)12-7-8-13-15(11-12)21-19(27)23(2)18(13)25/h3-8,11H,9-10H2,1-2H3,(H,21,27). The maximum atomic E-state index is 13.5. The maximum Gasteiger partial charge on any atom is 0.261 e. The van der Waals surface area contributed by atoms with Crippen molar-refractivity contribution in [1.82, 2.24) is 14.5 Å². The largest absolute Gasteiger partial charge is 0.489 e. The molecule has 0 aliphatic heterocycles. The number of fused-ring (bicyclic) bond motifs is 1. The van der Waals surface area contributed by atoms with Gasteiger partial charge in [0.1, 0.15) is 6.61 Å². The Morgan fingerprint density at radius 3 is 2.78 bits per heavy atom. The second-order valence-electron chi connectivity index (χ2n) is 6.06. The van der Waals surface area contributed by atoms with Crippen LogP contribution in [0, 0.1) is 10.6 Å². The van der Waals surface area contributed by atoms with E-state index in [1.807, 2.05) is 0 Å². The number of amides is 1. The highest BCUT2D eigenvalue weighted by atomic mass is 32.1. The zero-order valence-corrected chi connectivity index (χ0v) is 15.7. The molecule has 1 N–H and O–H groups in total. The van der Waals surface area contributed by atoms with Gasteiger partial charge in [-0.25, -0.2) is 4.39 Å². The Morgan fingerprint density at radius 1 is 1.30 bits per heavy atom. The fourth-order valence-electron chi connectivity index (χ4n) is 2.62. The highest BCUT2D eigenvalue weighted by molar-refractivity contribution is 7.71. The van der Waals surface area contributed by atoms with Crippen molar-refractivity contribution in [1.29, 1.82) is 0 Å². The minimum absolute atomic E-state index is 0.146. The molecule has 1 amide bonds. The number of benzene rings is 2. The quantitative estimate of drug-likeness (QED) is 0.684. The Hall–Kier alpha value is -3.00. The fraction of sp³-hybridized carbons (Fsp3) is 0.211. The molecule has 0 spiro atoms. The van der Waals surface area contributed by atoms with E-state index in [9.17, 15) is 14.0 Å². The van der Waals surface area contributed by atoms with E-state index in [1.165, 1.54) is 21.6 Å². The van der Waals surface area contributed by atoms with E-state index in [4.69, 9.17) is 17.0 Å². The van der Waals surface area contributed by atoms with Gasteiger partial charge in [0, 0.05) is 19.7 Å². The number of para-hydroxylation sites is 1. The average molecular weight is 387 g/mol. The van der Waals surface area contributed by atoms with Crippen LogP contribution in [-0.4, -0.2) is 40.6 Å². The maximum absolute atomic E-state index is 13.5. The van der Waals surface area contributed by atoms with E-state index < -0.39 is 5.82 Å². The molecule has 0 aliphatic carbocycles. The predicted octanol–water partition coefficient (Wildman–Crippen LogP) is 2.89. The molecule has 140 valence electrons. The Kier molecular flexibility index (Phi) is 5.36. The number of carbonyl (C=O) groups is 1. The zero-order chi connectivity index (χ0) is 19.6. The number of rotatable bonds is 5. The Bertz CT molecular complexity index is 1120. The summed E-state index contributed by atoms with van der Waals surface area (Å²) in [5, 5.41) is 0.452. The van der Waals surface area contributed by atoms with Gasteiger partial charge in [0.25, 0.3) is 11.5 Å². The third-order valence-corrected chi connectivity index (χ3v) is 4.59. The van der Waals surface area contributed by atoms with Gasteiger partial charge in [0.2, 0.25) is 0 Å². The number of halogens is 1. The molecule has 3 rings (SSSR count). The van der Waals surface area contributed by atoms with E-state index >= 15 is 0 Å². The molecule has 0 unspecified atom stereocenters. The molecule has 0 bridgehead atoms. The molecule has 0 saturated heterocycles. The van der Waals surface area contributed by atoms with Crippen LogP contribution in [0.25, 0.3) is 10.9 Å². The van der Waals surface area contributed by atoms with Gasteiger partial charge in [0.15, 0.2) is 16.3 Å². The smallest absolute Gasteiger partial charge is 0.261 e. The molecule has 3 aromatic rings. The number of hydrogen-bond acceptors (Lipinski definition) is 4. The minimum Gasteiger partial charge on any atom is -0.489 e. The van der Waals surface area contributed by atoms with E-state index in [-0.39, 0.29) is 35.1 Å². The van der Waals surface area contributed by atoms with Crippen LogP contribution < -0.4 is 10.3 Å². The zero-order valence-electron chi connectivity index (χ0n) is 14.9. The Morgan fingerprint density at radius 2 is 2.04 bits per heavy atom. The van der Waals surface area contributed by atoms with E-state index in [0.717, 1.165) is 0 Å². The van der Waals surface area contributed by atoms with Crippen LogP contribution in [0.4, 0.5) is 4.39 Å². The third kappa shape index (κ3) is 3.90. The number of nitrogens with one attached hydrogen (secondary N) is 1. The fourth-order valence-corrected chi connectivity index (χ4v) is 2.81. The predicted molar refractivity (Wildman–Crippen MR) is 103 cm³/mol. The van der Waals surface area contributed by atoms with Crippen molar-refractivity contribution in [2.45, 2.75) is 0 Å². The van der Waals surface area contributed by atoms with Gasteiger partial charge in [-0.1, -0.05) is 12.1 Å². The SMILES string of the molecule is CN(CCOc1ccccc1F)C(=O)c1ccc2c(=O)n(C)c(=S)[nH]c2c1. The van der Waals surface area contributed by atoms with Gasteiger partial charge in [0.05, 0.1) is 17.4 Å². The van der Waals surface area contributed by atoms with Gasteiger partial charge < -0.3 is 14.6 Å². The number of nitrogens with zero attached hydrogens (tertiary/aromatic N) is 2. The summed E-state index contributed by atoms with van der Waals surface area (Å²) >= 11 is 5.11. The van der Waals surface area contributed by atoms with Crippen molar-refractivity contribution >= 4 is 29.0 Å². The molecule has 2 aromatic carbocycles. The number of carbonyl (C=O) groups excluding carboxylic acids is 1. The van der Waals surface area contributed by atoms with E-state index in [0.29, 0.717) is 16.5 Å². The minimum atomic E-state index is -0.446. The van der Waals surface area contributed by atoms with Crippen LogP contribution in [0.5, 0.6) is 5.75 Å². The molecular weight excluding hydrogens is 369 g/mol. The van der Waals surface area contributed by atoms with Crippen LogP contribution >= 0.6 is 12.2 Å². The summed E-state index contributed by atoms with van der Waals surface area (Å²) in [5.41, 5.74) is 0.694. The first-order chi connectivity index (χ1) is 12.9. The lowest BCUT2D eigenvalue weighted by Crippen LogP contribution is -2.31. The highest BCUT2D eigenvalue weighted by Crippen LogP contribution is 2.16. The number of ether oxygens (including phenoxy) is 1. The topological polar surface area (TPSA) is 67.3 Å². The van der Waals surface area contributed by atoms with Crippen LogP contribution in [0.3, 0.4) is 0 Å². The molecule has 0 aliphatic rings. The lowest BCUT2D eigenvalue weighted by molar-refractivity contribution is 0.0773. The second-order valence-corrected chi connectivity index (χ2v) is 6.45. The number of H-pyrrole nitrogens is 1. The summed E-state index contributed by atoms with van der Waals surface area (Å²) < 4.78 is 20.5. The first kappa shape index (κ1) is 18.8. The number of likely N-dealkylation sites (N-methyl/N-ethyl adjacent to an activating group) is 1. The normalized spacial score (nSPS) is 10.8. The van der Waals surface area contributed by atoms with Crippen LogP contribution in [0.15, 0.2) is 47.3 Å². The molecule has 27 heavy (non-hydrogen) atoms. The first-order valence-electron chi connectivity index (χ1n) is 8.24. The van der Waals surface area contributed by atoms with Crippen molar-refractivity contribution in [2.24, 2.45) is 7.05 Å². The molecule has 1 aromatic heterocycles. The van der Waals surface area contributed by atoms with Gasteiger partial charge in [-0.05, 0) is 42.5 Å². The average Bonchev–Trinajstić information content (AvgIpc) is 2.66. The van der Waals surface area contributed by atoms with E-state index in [1.54, 1.807) is 44.4 Å². The lowest BCUT2D eigenvalue weighted by atomic mass is 10.1. The molecule has 0 radical (unpaired) electrons. The summed E-state index contributed by atoms with van der Waals surface area (Å²) in [4.78, 5) is 29.2. The Labute approximate surface area is 159 Å². The monoisotopic (exact) mass is 387 g/mol. The first-order valence-corrected chi connectivity index (χ1v) is 8.65. The van der Waals surface area contributed by atoms with Crippen LogP contribution in [0.2, 0.25) is 0 Å².